The van der Waals surface area contributed by atoms with Crippen LogP contribution in [0.2, 0.25) is 5.02 Å². The molecule has 0 atom stereocenters. The van der Waals surface area contributed by atoms with Crippen molar-refractivity contribution in [2.24, 2.45) is 0 Å². The molecule has 1 aromatic heterocycles. The number of hydrogen-bond donors (Lipinski definition) is 1. The van der Waals surface area contributed by atoms with E-state index in [-0.39, 0.29) is 11.8 Å². The van der Waals surface area contributed by atoms with Crippen LogP contribution in [0.4, 0.5) is 13.2 Å². The number of nitrogens with one attached hydrogen (secondary N) is 1. The second-order valence-electron chi connectivity index (χ2n) is 6.07. The lowest BCUT2D eigenvalue weighted by Crippen LogP contribution is -2.25. The van der Waals surface area contributed by atoms with Crippen molar-refractivity contribution in [3.05, 3.63) is 52.3 Å². The van der Waals surface area contributed by atoms with Crippen LogP contribution in [0.5, 0.6) is 0 Å². The van der Waals surface area contributed by atoms with Gasteiger partial charge < -0.3 is 5.32 Å². The van der Waals surface area contributed by atoms with Crippen molar-refractivity contribution in [3.63, 3.8) is 0 Å². The lowest BCUT2D eigenvalue weighted by atomic mass is 10.2. The summed E-state index contributed by atoms with van der Waals surface area (Å²) in [6.45, 7) is 0.690. The average Bonchev–Trinajstić information content (AvgIpc) is 3.30. The monoisotopic (exact) mass is 371 g/mol. The first-order chi connectivity index (χ1) is 11.8. The number of aryl methyl sites for hydroxylation is 1. The van der Waals surface area contributed by atoms with Crippen molar-refractivity contribution in [1.82, 2.24) is 15.1 Å². The number of amides is 1. The standard InChI is InChI=1S/C17H17ClF3N3O/c18-13-6-4-12(5-7-13)16(25)22-8-1-9-24-14(11-2-3-11)10-15(23-24)17(19,20)21/h4-7,10-11H,1-3,8-9H2,(H,22,25). The maximum Gasteiger partial charge on any atom is 0.435 e. The summed E-state index contributed by atoms with van der Waals surface area (Å²) in [5, 5.41) is 6.98. The summed E-state index contributed by atoms with van der Waals surface area (Å²) in [4.78, 5) is 12.0. The van der Waals surface area contributed by atoms with Crippen LogP contribution in [-0.2, 0) is 12.7 Å². The zero-order valence-corrected chi connectivity index (χ0v) is 14.1. The topological polar surface area (TPSA) is 46.9 Å². The lowest BCUT2D eigenvalue weighted by Gasteiger charge is -2.08. The fourth-order valence-electron chi connectivity index (χ4n) is 2.59. The Morgan fingerprint density at radius 1 is 1.28 bits per heavy atom. The number of benzene rings is 1. The van der Waals surface area contributed by atoms with Gasteiger partial charge in [0.05, 0.1) is 0 Å². The van der Waals surface area contributed by atoms with Crippen LogP contribution in [0.25, 0.3) is 0 Å². The van der Waals surface area contributed by atoms with Crippen LogP contribution in [0.1, 0.15) is 46.9 Å². The van der Waals surface area contributed by atoms with Gasteiger partial charge in [-0.15, -0.1) is 0 Å². The predicted octanol–water partition coefficient (Wildman–Crippen LogP) is 4.25. The number of aromatic nitrogens is 2. The average molecular weight is 372 g/mol. The van der Waals surface area contributed by atoms with E-state index in [0.717, 1.165) is 18.9 Å². The smallest absolute Gasteiger partial charge is 0.352 e. The number of hydrogen-bond acceptors (Lipinski definition) is 2. The molecule has 1 saturated carbocycles. The summed E-state index contributed by atoms with van der Waals surface area (Å²) in [5.41, 5.74) is 0.275. The Morgan fingerprint density at radius 3 is 2.56 bits per heavy atom. The lowest BCUT2D eigenvalue weighted by molar-refractivity contribution is -0.141. The van der Waals surface area contributed by atoms with Crippen LogP contribution in [0.3, 0.4) is 0 Å². The second kappa shape index (κ2) is 7.07. The molecule has 1 fully saturated rings. The molecule has 0 unspecified atom stereocenters. The number of carbonyl (C=O) groups is 1. The molecule has 134 valence electrons. The molecule has 0 spiro atoms. The Balaban J connectivity index is 1.54. The first-order valence-corrected chi connectivity index (χ1v) is 8.41. The highest BCUT2D eigenvalue weighted by Crippen LogP contribution is 2.42. The van der Waals surface area contributed by atoms with Crippen LogP contribution in [0.15, 0.2) is 30.3 Å². The third kappa shape index (κ3) is 4.54. The van der Waals surface area contributed by atoms with E-state index < -0.39 is 11.9 Å². The van der Waals surface area contributed by atoms with Gasteiger partial charge in [0.15, 0.2) is 5.69 Å². The number of halogens is 4. The summed E-state index contributed by atoms with van der Waals surface area (Å²) < 4.78 is 39.9. The van der Waals surface area contributed by atoms with Gasteiger partial charge in [-0.25, -0.2) is 0 Å². The molecule has 0 radical (unpaired) electrons. The summed E-state index contributed by atoms with van der Waals surface area (Å²) in [6.07, 6.45) is -2.14. The highest BCUT2D eigenvalue weighted by atomic mass is 35.5. The first kappa shape index (κ1) is 17.8. The minimum Gasteiger partial charge on any atom is -0.352 e. The van der Waals surface area contributed by atoms with Gasteiger partial charge in [-0.3, -0.25) is 9.48 Å². The Bertz CT molecular complexity index is 751. The molecule has 1 aliphatic rings. The molecule has 0 aliphatic heterocycles. The van der Waals surface area contributed by atoms with Gasteiger partial charge in [0.1, 0.15) is 0 Å². The van der Waals surface area contributed by atoms with Gasteiger partial charge >= 0.3 is 6.18 Å². The van der Waals surface area contributed by atoms with Crippen molar-refractivity contribution in [2.45, 2.75) is 37.9 Å². The molecular formula is C17H17ClF3N3O. The molecule has 0 saturated heterocycles. The fourth-order valence-corrected chi connectivity index (χ4v) is 2.72. The number of carbonyl (C=O) groups excluding carboxylic acids is 1. The normalized spacial score (nSPS) is 14.6. The highest BCUT2D eigenvalue weighted by molar-refractivity contribution is 6.30. The Kier molecular flexibility index (Phi) is 5.03. The number of rotatable bonds is 6. The zero-order valence-electron chi connectivity index (χ0n) is 13.3. The summed E-state index contributed by atoms with van der Waals surface area (Å²) >= 11 is 5.77. The van der Waals surface area contributed by atoms with Gasteiger partial charge in [-0.1, -0.05) is 11.6 Å². The Hall–Kier alpha value is -2.02. The summed E-state index contributed by atoms with van der Waals surface area (Å²) in [7, 11) is 0. The van der Waals surface area contributed by atoms with Crippen molar-refractivity contribution in [2.75, 3.05) is 6.54 Å². The van der Waals surface area contributed by atoms with E-state index in [4.69, 9.17) is 11.6 Å². The van der Waals surface area contributed by atoms with Crippen LogP contribution >= 0.6 is 11.6 Å². The largest absolute Gasteiger partial charge is 0.435 e. The molecule has 1 aromatic carbocycles. The highest BCUT2D eigenvalue weighted by Gasteiger charge is 2.37. The molecule has 4 nitrogen and oxygen atoms in total. The second-order valence-corrected chi connectivity index (χ2v) is 6.50. The van der Waals surface area contributed by atoms with E-state index in [0.29, 0.717) is 35.8 Å². The maximum absolute atomic E-state index is 12.8. The minimum atomic E-state index is -4.43. The zero-order chi connectivity index (χ0) is 18.0. The quantitative estimate of drug-likeness (QED) is 0.771. The molecule has 1 aliphatic carbocycles. The van der Waals surface area contributed by atoms with Crippen molar-refractivity contribution in [1.29, 1.82) is 0 Å². The summed E-state index contributed by atoms with van der Waals surface area (Å²) in [6, 6.07) is 7.63. The number of alkyl halides is 3. The molecule has 8 heteroatoms. The van der Waals surface area contributed by atoms with Gasteiger partial charge in [0.2, 0.25) is 0 Å². The van der Waals surface area contributed by atoms with Gasteiger partial charge in [-0.2, -0.15) is 18.3 Å². The molecule has 3 rings (SSSR count). The Labute approximate surface area is 148 Å². The van der Waals surface area contributed by atoms with Gasteiger partial charge in [-0.05, 0) is 49.6 Å². The van der Waals surface area contributed by atoms with Crippen LogP contribution in [0, 0.1) is 0 Å². The van der Waals surface area contributed by atoms with Crippen LogP contribution < -0.4 is 5.32 Å². The number of nitrogens with zero attached hydrogens (tertiary/aromatic N) is 2. The Morgan fingerprint density at radius 2 is 1.96 bits per heavy atom. The predicted molar refractivity (Wildman–Crippen MR) is 87.6 cm³/mol. The molecule has 1 amide bonds. The summed E-state index contributed by atoms with van der Waals surface area (Å²) in [5.74, 6) is -0.0669. The van der Waals surface area contributed by atoms with Gasteiger partial charge in [0.25, 0.3) is 5.91 Å². The SMILES string of the molecule is O=C(NCCCn1nc(C(F)(F)F)cc1C1CC1)c1ccc(Cl)cc1. The molecule has 1 N–H and O–H groups in total. The van der Waals surface area contributed by atoms with E-state index in [9.17, 15) is 18.0 Å². The molecule has 0 bridgehead atoms. The van der Waals surface area contributed by atoms with Crippen molar-refractivity contribution in [3.8, 4) is 0 Å². The maximum atomic E-state index is 12.8. The first-order valence-electron chi connectivity index (χ1n) is 8.03. The minimum absolute atomic E-state index is 0.173. The van der Waals surface area contributed by atoms with Crippen LogP contribution in [-0.4, -0.2) is 22.2 Å². The van der Waals surface area contributed by atoms with E-state index in [1.54, 1.807) is 24.3 Å². The third-order valence-corrected chi connectivity index (χ3v) is 4.29. The van der Waals surface area contributed by atoms with Gasteiger partial charge in [0, 0.05) is 35.3 Å². The molecule has 25 heavy (non-hydrogen) atoms. The fraction of sp³-hybridized carbons (Fsp3) is 0.412. The van der Waals surface area contributed by atoms with Crippen molar-refractivity contribution < 1.29 is 18.0 Å². The molecule has 1 heterocycles. The molecule has 2 aromatic rings. The van der Waals surface area contributed by atoms with E-state index in [2.05, 4.69) is 10.4 Å². The van der Waals surface area contributed by atoms with E-state index in [1.165, 1.54) is 4.68 Å². The van der Waals surface area contributed by atoms with E-state index >= 15 is 0 Å². The third-order valence-electron chi connectivity index (χ3n) is 4.04. The van der Waals surface area contributed by atoms with Crippen molar-refractivity contribution >= 4 is 17.5 Å². The van der Waals surface area contributed by atoms with E-state index in [1.807, 2.05) is 0 Å². The molecular weight excluding hydrogens is 355 g/mol.